The smallest absolute Gasteiger partial charge is 0.251 e. The second kappa shape index (κ2) is 8.28. The molecule has 2 saturated heterocycles. The highest BCUT2D eigenvalue weighted by molar-refractivity contribution is 5.80. The predicted octanol–water partition coefficient (Wildman–Crippen LogP) is 1.19. The maximum absolute atomic E-state index is 12.5. The highest BCUT2D eigenvalue weighted by Crippen LogP contribution is 2.16. The second-order valence-corrected chi connectivity index (χ2v) is 6.44. The van der Waals surface area contributed by atoms with Gasteiger partial charge in [0.2, 0.25) is 0 Å². The average Bonchev–Trinajstić information content (AvgIpc) is 3.19. The van der Waals surface area contributed by atoms with Crippen LogP contribution in [0.1, 0.15) is 25.3 Å². The quantitative estimate of drug-likeness (QED) is 0.798. The summed E-state index contributed by atoms with van der Waals surface area (Å²) in [6.07, 6.45) is 3.40. The number of pyridine rings is 1. The molecule has 0 unspecified atom stereocenters. The van der Waals surface area contributed by atoms with Gasteiger partial charge in [-0.3, -0.25) is 4.79 Å². The number of rotatable bonds is 5. The Kier molecular flexibility index (Phi) is 5.84. The van der Waals surface area contributed by atoms with Crippen molar-refractivity contribution in [3.05, 3.63) is 23.9 Å². The van der Waals surface area contributed by atoms with Gasteiger partial charge < -0.3 is 19.3 Å². The molecule has 3 heterocycles. The number of carbonyl (C=O) groups is 1. The van der Waals surface area contributed by atoms with E-state index in [0.29, 0.717) is 38.3 Å². The summed E-state index contributed by atoms with van der Waals surface area (Å²) in [6.45, 7) is 5.74. The van der Waals surface area contributed by atoms with E-state index in [2.05, 4.69) is 16.0 Å². The van der Waals surface area contributed by atoms with E-state index in [1.165, 1.54) is 0 Å². The Morgan fingerprint density at radius 2 is 2.28 bits per heavy atom. The zero-order valence-corrected chi connectivity index (χ0v) is 14.6. The molecule has 2 fully saturated rings. The molecule has 1 aromatic rings. The lowest BCUT2D eigenvalue weighted by molar-refractivity contribution is -0.144. The van der Waals surface area contributed by atoms with Gasteiger partial charge in [-0.1, -0.05) is 0 Å². The zero-order valence-electron chi connectivity index (χ0n) is 14.6. The van der Waals surface area contributed by atoms with Crippen LogP contribution < -0.4 is 4.90 Å². The first-order valence-corrected chi connectivity index (χ1v) is 8.80. The third kappa shape index (κ3) is 4.47. The first-order valence-electron chi connectivity index (χ1n) is 8.80. The monoisotopic (exact) mass is 344 g/mol. The summed E-state index contributed by atoms with van der Waals surface area (Å²) >= 11 is 0. The molecule has 0 bridgehead atoms. The zero-order chi connectivity index (χ0) is 17.6. The van der Waals surface area contributed by atoms with Gasteiger partial charge in [-0.15, -0.1) is 0 Å². The Morgan fingerprint density at radius 1 is 1.48 bits per heavy atom. The standard InChI is InChI=1S/C18H24N4O3/c1-14(25-13-16-3-2-10-24-16)18(23)22-8-6-21(7-9-22)17-11-15(12-19)4-5-20-17/h4-5,11,14,16H,2-3,6-10,13H2,1H3/t14-,16-/m0/s1. The van der Waals surface area contributed by atoms with Gasteiger partial charge in [0.05, 0.1) is 24.3 Å². The van der Waals surface area contributed by atoms with E-state index < -0.39 is 6.10 Å². The molecule has 0 radical (unpaired) electrons. The van der Waals surface area contributed by atoms with Crippen molar-refractivity contribution in [1.82, 2.24) is 9.88 Å². The van der Waals surface area contributed by atoms with Crippen LogP contribution in [0.2, 0.25) is 0 Å². The number of hydrogen-bond donors (Lipinski definition) is 0. The molecule has 0 aromatic carbocycles. The van der Waals surface area contributed by atoms with E-state index >= 15 is 0 Å². The minimum atomic E-state index is -0.448. The summed E-state index contributed by atoms with van der Waals surface area (Å²) in [5.41, 5.74) is 0.597. The van der Waals surface area contributed by atoms with Crippen molar-refractivity contribution in [3.63, 3.8) is 0 Å². The van der Waals surface area contributed by atoms with Crippen LogP contribution in [0, 0.1) is 11.3 Å². The number of piperazine rings is 1. The van der Waals surface area contributed by atoms with E-state index in [4.69, 9.17) is 14.7 Å². The topological polar surface area (TPSA) is 78.7 Å². The number of carbonyl (C=O) groups excluding carboxylic acids is 1. The van der Waals surface area contributed by atoms with Gasteiger partial charge in [0.1, 0.15) is 11.9 Å². The molecule has 7 heteroatoms. The van der Waals surface area contributed by atoms with E-state index in [-0.39, 0.29) is 12.0 Å². The van der Waals surface area contributed by atoms with Crippen LogP contribution in [-0.2, 0) is 14.3 Å². The first kappa shape index (κ1) is 17.6. The number of nitrogens with zero attached hydrogens (tertiary/aromatic N) is 4. The minimum Gasteiger partial charge on any atom is -0.376 e. The molecule has 2 aliphatic heterocycles. The number of hydrogen-bond acceptors (Lipinski definition) is 6. The molecule has 1 amide bonds. The molecule has 0 saturated carbocycles. The van der Waals surface area contributed by atoms with Gasteiger partial charge in [-0.2, -0.15) is 5.26 Å². The molecule has 7 nitrogen and oxygen atoms in total. The summed E-state index contributed by atoms with van der Waals surface area (Å²) < 4.78 is 11.2. The van der Waals surface area contributed by atoms with Crippen molar-refractivity contribution in [2.75, 3.05) is 44.3 Å². The molecule has 0 spiro atoms. The number of ether oxygens (including phenoxy) is 2. The van der Waals surface area contributed by atoms with Crippen LogP contribution in [0.3, 0.4) is 0 Å². The molecular weight excluding hydrogens is 320 g/mol. The van der Waals surface area contributed by atoms with Crippen molar-refractivity contribution < 1.29 is 14.3 Å². The van der Waals surface area contributed by atoms with Crippen LogP contribution in [0.25, 0.3) is 0 Å². The maximum Gasteiger partial charge on any atom is 0.251 e. The molecule has 25 heavy (non-hydrogen) atoms. The fraction of sp³-hybridized carbons (Fsp3) is 0.611. The lowest BCUT2D eigenvalue weighted by Crippen LogP contribution is -2.51. The van der Waals surface area contributed by atoms with Crippen LogP contribution in [0.4, 0.5) is 5.82 Å². The fourth-order valence-corrected chi connectivity index (χ4v) is 3.17. The Hall–Kier alpha value is -2.17. The predicted molar refractivity (Wildman–Crippen MR) is 92.1 cm³/mol. The van der Waals surface area contributed by atoms with E-state index in [1.807, 2.05) is 11.8 Å². The summed E-state index contributed by atoms with van der Waals surface area (Å²) in [4.78, 5) is 20.8. The molecule has 134 valence electrons. The molecule has 0 N–H and O–H groups in total. The van der Waals surface area contributed by atoms with Gasteiger partial charge >= 0.3 is 0 Å². The van der Waals surface area contributed by atoms with Crippen LogP contribution in [-0.4, -0.2) is 67.4 Å². The average molecular weight is 344 g/mol. The Bertz CT molecular complexity index is 631. The maximum atomic E-state index is 12.5. The highest BCUT2D eigenvalue weighted by atomic mass is 16.5. The fourth-order valence-electron chi connectivity index (χ4n) is 3.17. The highest BCUT2D eigenvalue weighted by Gasteiger charge is 2.27. The minimum absolute atomic E-state index is 0.0244. The molecule has 1 aromatic heterocycles. The van der Waals surface area contributed by atoms with Gasteiger partial charge in [0.25, 0.3) is 5.91 Å². The Morgan fingerprint density at radius 3 is 2.96 bits per heavy atom. The first-order chi connectivity index (χ1) is 12.2. The molecule has 0 aliphatic carbocycles. The Balaban J connectivity index is 1.47. The molecule has 3 rings (SSSR count). The van der Waals surface area contributed by atoms with Crippen molar-refractivity contribution in [2.45, 2.75) is 32.0 Å². The second-order valence-electron chi connectivity index (χ2n) is 6.44. The van der Waals surface area contributed by atoms with E-state index in [9.17, 15) is 4.79 Å². The van der Waals surface area contributed by atoms with Crippen molar-refractivity contribution in [2.24, 2.45) is 0 Å². The number of amides is 1. The number of aromatic nitrogens is 1. The van der Waals surface area contributed by atoms with Gasteiger partial charge in [-0.05, 0) is 31.9 Å². The van der Waals surface area contributed by atoms with Crippen LogP contribution in [0.5, 0.6) is 0 Å². The van der Waals surface area contributed by atoms with Gasteiger partial charge in [0.15, 0.2) is 0 Å². The normalized spacial score (nSPS) is 21.8. The van der Waals surface area contributed by atoms with Crippen molar-refractivity contribution >= 4 is 11.7 Å². The number of anilines is 1. The largest absolute Gasteiger partial charge is 0.376 e. The van der Waals surface area contributed by atoms with Crippen LogP contribution >= 0.6 is 0 Å². The SMILES string of the molecule is C[C@H](OC[C@@H]1CCCO1)C(=O)N1CCN(c2cc(C#N)ccn2)CC1. The van der Waals surface area contributed by atoms with Crippen LogP contribution in [0.15, 0.2) is 18.3 Å². The summed E-state index contributed by atoms with van der Waals surface area (Å²) in [6, 6.07) is 5.60. The third-order valence-corrected chi connectivity index (χ3v) is 4.69. The Labute approximate surface area is 148 Å². The van der Waals surface area contributed by atoms with E-state index in [0.717, 1.165) is 25.3 Å². The lowest BCUT2D eigenvalue weighted by Gasteiger charge is -2.36. The van der Waals surface area contributed by atoms with Crippen molar-refractivity contribution in [1.29, 1.82) is 5.26 Å². The van der Waals surface area contributed by atoms with Gasteiger partial charge in [-0.25, -0.2) is 4.98 Å². The summed E-state index contributed by atoms with van der Waals surface area (Å²) in [7, 11) is 0. The lowest BCUT2D eigenvalue weighted by atomic mass is 10.2. The van der Waals surface area contributed by atoms with Gasteiger partial charge in [0, 0.05) is 39.0 Å². The van der Waals surface area contributed by atoms with E-state index in [1.54, 1.807) is 18.3 Å². The third-order valence-electron chi connectivity index (χ3n) is 4.69. The van der Waals surface area contributed by atoms with Crippen molar-refractivity contribution in [3.8, 4) is 6.07 Å². The summed E-state index contributed by atoms with van der Waals surface area (Å²) in [5, 5.41) is 8.99. The number of nitriles is 1. The molecule has 2 atom stereocenters. The molecule has 2 aliphatic rings. The summed E-state index contributed by atoms with van der Waals surface area (Å²) in [5.74, 6) is 0.810. The molecular formula is C18H24N4O3.